The Kier molecular flexibility index (Phi) is 4.54. The molecule has 1 unspecified atom stereocenters. The van der Waals surface area contributed by atoms with Crippen molar-refractivity contribution in [1.82, 2.24) is 19.9 Å². The van der Waals surface area contributed by atoms with Gasteiger partial charge in [-0.25, -0.2) is 9.97 Å². The van der Waals surface area contributed by atoms with Gasteiger partial charge in [-0.05, 0) is 32.2 Å². The number of aromatic nitrogens is 3. The SMILES string of the molecule is Cc1cccc(CN(C)C(CN)c2ccncn2)n1. The third-order valence-corrected chi connectivity index (χ3v) is 3.06. The zero-order chi connectivity index (χ0) is 13.7. The van der Waals surface area contributed by atoms with Crippen molar-refractivity contribution in [1.29, 1.82) is 0 Å². The fraction of sp³-hybridized carbons (Fsp3) is 0.357. The van der Waals surface area contributed by atoms with Gasteiger partial charge in [0.05, 0.1) is 17.4 Å². The van der Waals surface area contributed by atoms with E-state index in [1.165, 1.54) is 0 Å². The molecule has 5 nitrogen and oxygen atoms in total. The molecule has 0 amide bonds. The molecule has 0 aromatic carbocycles. The molecule has 2 aromatic rings. The summed E-state index contributed by atoms with van der Waals surface area (Å²) in [5.74, 6) is 0. The molecule has 0 saturated heterocycles. The Morgan fingerprint density at radius 2 is 2.16 bits per heavy atom. The van der Waals surface area contributed by atoms with Crippen LogP contribution in [0.1, 0.15) is 23.1 Å². The predicted molar refractivity (Wildman–Crippen MR) is 74.3 cm³/mol. The van der Waals surface area contributed by atoms with Gasteiger partial charge < -0.3 is 5.73 Å². The first-order valence-electron chi connectivity index (χ1n) is 6.29. The fourth-order valence-electron chi connectivity index (χ4n) is 2.08. The Balaban J connectivity index is 2.11. The van der Waals surface area contributed by atoms with Gasteiger partial charge in [0.25, 0.3) is 0 Å². The number of pyridine rings is 1. The Bertz CT molecular complexity index is 514. The van der Waals surface area contributed by atoms with Crippen LogP contribution in [-0.2, 0) is 6.54 Å². The van der Waals surface area contributed by atoms with Gasteiger partial charge in [0, 0.05) is 25.0 Å². The average molecular weight is 257 g/mol. The van der Waals surface area contributed by atoms with Gasteiger partial charge >= 0.3 is 0 Å². The van der Waals surface area contributed by atoms with Gasteiger partial charge in [-0.2, -0.15) is 0 Å². The zero-order valence-corrected chi connectivity index (χ0v) is 11.3. The van der Waals surface area contributed by atoms with Crippen molar-refractivity contribution in [3.05, 3.63) is 53.9 Å². The molecule has 0 fully saturated rings. The lowest BCUT2D eigenvalue weighted by Crippen LogP contribution is -2.31. The molecule has 0 aliphatic heterocycles. The second kappa shape index (κ2) is 6.36. The summed E-state index contributed by atoms with van der Waals surface area (Å²) in [5.41, 5.74) is 8.87. The van der Waals surface area contributed by atoms with Gasteiger partial charge in [-0.3, -0.25) is 9.88 Å². The van der Waals surface area contributed by atoms with E-state index in [9.17, 15) is 0 Å². The third kappa shape index (κ3) is 3.56. The number of likely N-dealkylation sites (N-methyl/N-ethyl adjacent to an activating group) is 1. The van der Waals surface area contributed by atoms with E-state index in [1.54, 1.807) is 12.5 Å². The lowest BCUT2D eigenvalue weighted by molar-refractivity contribution is 0.234. The first-order chi connectivity index (χ1) is 9.20. The van der Waals surface area contributed by atoms with E-state index in [2.05, 4.69) is 19.9 Å². The van der Waals surface area contributed by atoms with Crippen molar-refractivity contribution < 1.29 is 0 Å². The maximum atomic E-state index is 5.87. The number of aryl methyl sites for hydroxylation is 1. The summed E-state index contributed by atoms with van der Waals surface area (Å²) in [7, 11) is 2.03. The second-order valence-corrected chi connectivity index (χ2v) is 4.57. The Morgan fingerprint density at radius 3 is 2.79 bits per heavy atom. The molecule has 0 aliphatic carbocycles. The average Bonchev–Trinajstić information content (AvgIpc) is 2.41. The number of nitrogens with zero attached hydrogens (tertiary/aromatic N) is 4. The van der Waals surface area contributed by atoms with Crippen LogP contribution in [0.15, 0.2) is 36.8 Å². The van der Waals surface area contributed by atoms with Crippen LogP contribution in [0.2, 0.25) is 0 Å². The summed E-state index contributed by atoms with van der Waals surface area (Å²) >= 11 is 0. The Labute approximate surface area is 113 Å². The van der Waals surface area contributed by atoms with Crippen LogP contribution in [0.4, 0.5) is 0 Å². The molecule has 100 valence electrons. The van der Waals surface area contributed by atoms with Crippen LogP contribution in [0.3, 0.4) is 0 Å². The highest BCUT2D eigenvalue weighted by Crippen LogP contribution is 2.17. The van der Waals surface area contributed by atoms with Crippen LogP contribution in [0.25, 0.3) is 0 Å². The Hall–Kier alpha value is -1.85. The summed E-state index contributed by atoms with van der Waals surface area (Å²) in [6.07, 6.45) is 3.29. The molecule has 1 atom stereocenters. The molecule has 2 rings (SSSR count). The number of rotatable bonds is 5. The van der Waals surface area contributed by atoms with Crippen LogP contribution in [0, 0.1) is 6.92 Å². The molecule has 19 heavy (non-hydrogen) atoms. The third-order valence-electron chi connectivity index (χ3n) is 3.06. The standard InChI is InChI=1S/C14H19N5/c1-11-4-3-5-12(18-11)9-19(2)14(8-15)13-6-7-16-10-17-13/h3-7,10,14H,8-9,15H2,1-2H3. The van der Waals surface area contributed by atoms with E-state index in [0.29, 0.717) is 6.54 Å². The largest absolute Gasteiger partial charge is 0.329 e. The molecule has 5 heteroatoms. The van der Waals surface area contributed by atoms with Gasteiger partial charge in [-0.15, -0.1) is 0 Å². The van der Waals surface area contributed by atoms with Crippen LogP contribution >= 0.6 is 0 Å². The summed E-state index contributed by atoms with van der Waals surface area (Å²) in [6, 6.07) is 8.02. The lowest BCUT2D eigenvalue weighted by Gasteiger charge is -2.26. The van der Waals surface area contributed by atoms with E-state index < -0.39 is 0 Å². The van der Waals surface area contributed by atoms with Crippen molar-refractivity contribution in [3.8, 4) is 0 Å². The van der Waals surface area contributed by atoms with E-state index in [1.807, 2.05) is 38.2 Å². The molecular formula is C14H19N5. The van der Waals surface area contributed by atoms with Crippen LogP contribution < -0.4 is 5.73 Å². The molecule has 2 aromatic heterocycles. The smallest absolute Gasteiger partial charge is 0.115 e. The van der Waals surface area contributed by atoms with Crippen LogP contribution in [0.5, 0.6) is 0 Å². The number of hydrogen-bond acceptors (Lipinski definition) is 5. The summed E-state index contributed by atoms with van der Waals surface area (Å²) in [4.78, 5) is 14.9. The molecule has 0 bridgehead atoms. The highest BCUT2D eigenvalue weighted by Gasteiger charge is 2.17. The van der Waals surface area contributed by atoms with Gasteiger partial charge in [0.2, 0.25) is 0 Å². The van der Waals surface area contributed by atoms with Crippen molar-refractivity contribution in [2.24, 2.45) is 5.73 Å². The molecule has 2 N–H and O–H groups in total. The van der Waals surface area contributed by atoms with Gasteiger partial charge in [0.1, 0.15) is 6.33 Å². The fourth-order valence-corrected chi connectivity index (χ4v) is 2.08. The highest BCUT2D eigenvalue weighted by atomic mass is 15.2. The summed E-state index contributed by atoms with van der Waals surface area (Å²) in [5, 5.41) is 0. The summed E-state index contributed by atoms with van der Waals surface area (Å²) < 4.78 is 0. The maximum absolute atomic E-state index is 5.87. The molecule has 2 heterocycles. The Morgan fingerprint density at radius 1 is 1.32 bits per heavy atom. The lowest BCUT2D eigenvalue weighted by atomic mass is 10.1. The van der Waals surface area contributed by atoms with Gasteiger partial charge in [-0.1, -0.05) is 6.07 Å². The second-order valence-electron chi connectivity index (χ2n) is 4.57. The zero-order valence-electron chi connectivity index (χ0n) is 11.3. The van der Waals surface area contributed by atoms with E-state index in [4.69, 9.17) is 5.73 Å². The minimum absolute atomic E-state index is 0.0744. The van der Waals surface area contributed by atoms with E-state index in [0.717, 1.165) is 23.6 Å². The van der Waals surface area contributed by atoms with E-state index in [-0.39, 0.29) is 6.04 Å². The quantitative estimate of drug-likeness (QED) is 0.874. The van der Waals surface area contributed by atoms with Crippen molar-refractivity contribution in [2.45, 2.75) is 19.5 Å². The normalized spacial score (nSPS) is 12.6. The highest BCUT2D eigenvalue weighted by molar-refractivity contribution is 5.11. The first-order valence-corrected chi connectivity index (χ1v) is 6.29. The number of hydrogen-bond donors (Lipinski definition) is 1. The molecular weight excluding hydrogens is 238 g/mol. The van der Waals surface area contributed by atoms with Gasteiger partial charge in [0.15, 0.2) is 0 Å². The molecule has 0 saturated carbocycles. The topological polar surface area (TPSA) is 67.9 Å². The van der Waals surface area contributed by atoms with Crippen LogP contribution in [-0.4, -0.2) is 33.4 Å². The molecule has 0 radical (unpaired) electrons. The summed E-state index contributed by atoms with van der Waals surface area (Å²) in [6.45, 7) is 3.25. The monoisotopic (exact) mass is 257 g/mol. The van der Waals surface area contributed by atoms with Crippen molar-refractivity contribution in [2.75, 3.05) is 13.6 Å². The van der Waals surface area contributed by atoms with Crippen molar-refractivity contribution in [3.63, 3.8) is 0 Å². The molecule has 0 spiro atoms. The first kappa shape index (κ1) is 13.6. The minimum Gasteiger partial charge on any atom is -0.329 e. The number of nitrogens with two attached hydrogens (primary N) is 1. The predicted octanol–water partition coefficient (Wildman–Crippen LogP) is 1.31. The maximum Gasteiger partial charge on any atom is 0.115 e. The molecule has 0 aliphatic rings. The van der Waals surface area contributed by atoms with E-state index >= 15 is 0 Å². The minimum atomic E-state index is 0.0744. The van der Waals surface area contributed by atoms with Crippen molar-refractivity contribution >= 4 is 0 Å².